The highest BCUT2D eigenvalue weighted by Gasteiger charge is 2.38. The van der Waals surface area contributed by atoms with Gasteiger partial charge in [-0.15, -0.1) is 0 Å². The first kappa shape index (κ1) is 22.7. The van der Waals surface area contributed by atoms with Crippen molar-refractivity contribution in [3.05, 3.63) is 28.7 Å². The molecule has 2 amide bonds. The second-order valence-electron chi connectivity index (χ2n) is 9.86. The van der Waals surface area contributed by atoms with Crippen LogP contribution in [0.3, 0.4) is 0 Å². The minimum absolute atomic E-state index is 0.101. The lowest BCUT2D eigenvalue weighted by atomic mass is 10.1. The van der Waals surface area contributed by atoms with Crippen LogP contribution in [0.25, 0.3) is 5.65 Å². The highest BCUT2D eigenvalue weighted by Crippen LogP contribution is 2.33. The second-order valence-corrected chi connectivity index (χ2v) is 9.86. The lowest BCUT2D eigenvalue weighted by Gasteiger charge is -2.29. The molecule has 174 valence electrons. The Morgan fingerprint density at radius 2 is 1.91 bits per heavy atom. The van der Waals surface area contributed by atoms with Crippen molar-refractivity contribution in [2.75, 3.05) is 6.54 Å². The number of rotatable bonds is 6. The number of nitrogens with zero attached hydrogens (tertiary/aromatic N) is 4. The molecule has 1 aliphatic heterocycles. The zero-order chi connectivity index (χ0) is 23.0. The van der Waals surface area contributed by atoms with Gasteiger partial charge in [0.25, 0.3) is 5.91 Å². The summed E-state index contributed by atoms with van der Waals surface area (Å²) in [6, 6.07) is 2.12. The van der Waals surface area contributed by atoms with Crippen LogP contribution in [0.5, 0.6) is 0 Å². The van der Waals surface area contributed by atoms with E-state index in [0.717, 1.165) is 54.0 Å². The van der Waals surface area contributed by atoms with Gasteiger partial charge >= 0.3 is 0 Å². The lowest BCUT2D eigenvalue weighted by molar-refractivity contribution is -0.148. The van der Waals surface area contributed by atoms with Crippen molar-refractivity contribution in [2.45, 2.75) is 96.7 Å². The number of carbonyl (C=O) groups is 2. The van der Waals surface area contributed by atoms with Crippen LogP contribution in [-0.2, 0) is 16.0 Å². The third-order valence-corrected chi connectivity index (χ3v) is 6.88. The molecular weight excluding hydrogens is 406 g/mol. The number of aryl methyl sites for hydroxylation is 2. The zero-order valence-corrected chi connectivity index (χ0v) is 19.6. The van der Waals surface area contributed by atoms with E-state index in [0.29, 0.717) is 25.4 Å². The van der Waals surface area contributed by atoms with Gasteiger partial charge in [-0.25, -0.2) is 9.50 Å². The molecule has 2 N–H and O–H groups in total. The summed E-state index contributed by atoms with van der Waals surface area (Å²) in [5.41, 5.74) is 3.07. The number of nitrogens with one attached hydrogen (secondary N) is 1. The number of hydrogen-bond acceptors (Lipinski definition) is 5. The Morgan fingerprint density at radius 3 is 2.59 bits per heavy atom. The van der Waals surface area contributed by atoms with Crippen molar-refractivity contribution in [3.8, 4) is 0 Å². The van der Waals surface area contributed by atoms with Crippen molar-refractivity contribution in [1.82, 2.24) is 24.8 Å². The fourth-order valence-electron chi connectivity index (χ4n) is 5.15. The zero-order valence-electron chi connectivity index (χ0n) is 19.6. The molecule has 2 aliphatic rings. The van der Waals surface area contributed by atoms with Crippen LogP contribution in [0.2, 0.25) is 0 Å². The summed E-state index contributed by atoms with van der Waals surface area (Å²) in [6.45, 7) is 7.66. The molecule has 3 heterocycles. The molecule has 8 heteroatoms. The van der Waals surface area contributed by atoms with Crippen LogP contribution in [-0.4, -0.2) is 54.6 Å². The van der Waals surface area contributed by atoms with E-state index in [2.05, 4.69) is 5.32 Å². The molecular formula is C24H35N5O3. The predicted octanol–water partition coefficient (Wildman–Crippen LogP) is 2.77. The Kier molecular flexibility index (Phi) is 6.25. The number of amides is 2. The number of carbonyl (C=O) groups excluding carboxylic acids is 2. The van der Waals surface area contributed by atoms with Crippen LogP contribution in [0, 0.1) is 13.8 Å². The Labute approximate surface area is 189 Å². The van der Waals surface area contributed by atoms with Crippen molar-refractivity contribution in [1.29, 1.82) is 0 Å². The minimum atomic E-state index is -1.40. The quantitative estimate of drug-likeness (QED) is 0.718. The molecule has 4 rings (SSSR count). The molecule has 0 radical (unpaired) electrons. The molecule has 2 aromatic rings. The van der Waals surface area contributed by atoms with Gasteiger partial charge in [0, 0.05) is 36.5 Å². The van der Waals surface area contributed by atoms with Gasteiger partial charge in [0.2, 0.25) is 5.91 Å². The first-order valence-electron chi connectivity index (χ1n) is 11.8. The fourth-order valence-corrected chi connectivity index (χ4v) is 5.15. The van der Waals surface area contributed by atoms with Crippen LogP contribution in [0.4, 0.5) is 0 Å². The monoisotopic (exact) mass is 441 g/mol. The van der Waals surface area contributed by atoms with Crippen LogP contribution in [0.15, 0.2) is 6.07 Å². The number of hydrogen-bond donors (Lipinski definition) is 2. The number of aromatic nitrogens is 3. The number of likely N-dealkylation sites (tertiary alicyclic amines) is 1. The predicted molar refractivity (Wildman–Crippen MR) is 121 cm³/mol. The van der Waals surface area contributed by atoms with E-state index in [-0.39, 0.29) is 17.9 Å². The third kappa shape index (κ3) is 4.51. The normalized spacial score (nSPS) is 19.8. The van der Waals surface area contributed by atoms with E-state index in [1.807, 2.05) is 24.4 Å². The summed E-state index contributed by atoms with van der Waals surface area (Å²) < 4.78 is 1.83. The average Bonchev–Trinajstić information content (AvgIpc) is 3.46. The Morgan fingerprint density at radius 1 is 1.19 bits per heavy atom. The molecule has 2 aromatic heterocycles. The molecule has 1 aliphatic carbocycles. The summed E-state index contributed by atoms with van der Waals surface area (Å²) in [4.78, 5) is 31.6. The number of aliphatic hydroxyl groups is 1. The Balaban J connectivity index is 1.53. The van der Waals surface area contributed by atoms with E-state index in [1.165, 1.54) is 26.7 Å². The van der Waals surface area contributed by atoms with Crippen molar-refractivity contribution in [3.63, 3.8) is 0 Å². The topological polar surface area (TPSA) is 99.8 Å². The maximum Gasteiger partial charge on any atom is 0.254 e. The lowest BCUT2D eigenvalue weighted by Crippen LogP contribution is -2.44. The molecule has 0 bridgehead atoms. The Bertz CT molecular complexity index is 1020. The molecule has 8 nitrogen and oxygen atoms in total. The van der Waals surface area contributed by atoms with E-state index in [9.17, 15) is 14.7 Å². The molecule has 0 aromatic carbocycles. The first-order chi connectivity index (χ1) is 15.1. The van der Waals surface area contributed by atoms with Gasteiger partial charge in [0.1, 0.15) is 5.60 Å². The van der Waals surface area contributed by atoms with E-state index < -0.39 is 5.60 Å². The minimum Gasteiger partial charge on any atom is -0.381 e. The van der Waals surface area contributed by atoms with Gasteiger partial charge in [-0.1, -0.05) is 12.8 Å². The van der Waals surface area contributed by atoms with Gasteiger partial charge in [0.05, 0.1) is 11.7 Å². The van der Waals surface area contributed by atoms with Crippen LogP contribution >= 0.6 is 0 Å². The molecule has 1 saturated carbocycles. The van der Waals surface area contributed by atoms with Gasteiger partial charge < -0.3 is 15.3 Å². The smallest absolute Gasteiger partial charge is 0.254 e. The van der Waals surface area contributed by atoms with E-state index in [4.69, 9.17) is 10.1 Å². The van der Waals surface area contributed by atoms with Crippen molar-refractivity contribution >= 4 is 17.5 Å². The number of fused-ring (bicyclic) bond motifs is 1. The molecule has 2 fully saturated rings. The van der Waals surface area contributed by atoms with Gasteiger partial charge in [-0.2, -0.15) is 5.10 Å². The maximum absolute atomic E-state index is 12.7. The standard InChI is InChI=1S/C24H35N5O3/c1-15-18(11-12-22(30)26-17-8-5-6-9-17)16(2)29-21(25-15)14-19(27-29)20-10-7-13-28(20)23(31)24(3,4)32/h14,17,20,32H,5-13H2,1-4H3,(H,26,30). The van der Waals surface area contributed by atoms with Gasteiger partial charge in [-0.05, 0) is 65.4 Å². The Hall–Kier alpha value is -2.48. The second kappa shape index (κ2) is 8.81. The first-order valence-corrected chi connectivity index (χ1v) is 11.8. The van der Waals surface area contributed by atoms with Crippen molar-refractivity contribution < 1.29 is 14.7 Å². The van der Waals surface area contributed by atoms with Crippen LogP contribution < -0.4 is 5.32 Å². The summed E-state index contributed by atoms with van der Waals surface area (Å²) in [5.74, 6) is -0.171. The molecule has 1 unspecified atom stereocenters. The largest absolute Gasteiger partial charge is 0.381 e. The highest BCUT2D eigenvalue weighted by atomic mass is 16.3. The molecule has 1 saturated heterocycles. The van der Waals surface area contributed by atoms with Crippen molar-refractivity contribution in [2.24, 2.45) is 0 Å². The summed E-state index contributed by atoms with van der Waals surface area (Å²) in [6.07, 6.45) is 7.33. The summed E-state index contributed by atoms with van der Waals surface area (Å²) in [5, 5.41) is 18.2. The van der Waals surface area contributed by atoms with Crippen LogP contribution in [0.1, 0.15) is 87.5 Å². The van der Waals surface area contributed by atoms with E-state index >= 15 is 0 Å². The SMILES string of the molecule is Cc1nc2cc(C3CCCN3C(=O)C(C)(C)O)nn2c(C)c1CCC(=O)NC1CCCC1. The molecule has 1 atom stereocenters. The highest BCUT2D eigenvalue weighted by molar-refractivity contribution is 5.84. The average molecular weight is 442 g/mol. The maximum atomic E-state index is 12.7. The fraction of sp³-hybridized carbons (Fsp3) is 0.667. The summed E-state index contributed by atoms with van der Waals surface area (Å²) in [7, 11) is 0. The van der Waals surface area contributed by atoms with Gasteiger partial charge in [0.15, 0.2) is 5.65 Å². The van der Waals surface area contributed by atoms with Gasteiger partial charge in [-0.3, -0.25) is 9.59 Å². The molecule has 0 spiro atoms. The summed E-state index contributed by atoms with van der Waals surface area (Å²) >= 11 is 0. The third-order valence-electron chi connectivity index (χ3n) is 6.88. The molecule has 32 heavy (non-hydrogen) atoms. The van der Waals surface area contributed by atoms with E-state index in [1.54, 1.807) is 4.90 Å².